The van der Waals surface area contributed by atoms with Crippen LogP contribution in [0.2, 0.25) is 0 Å². The Morgan fingerprint density at radius 2 is 1.74 bits per heavy atom. The fraction of sp³-hybridized carbons (Fsp3) is 0.333. The number of sulfone groups is 1. The molecule has 2 aromatic rings. The van der Waals surface area contributed by atoms with Crippen LogP contribution < -0.4 is 0 Å². The summed E-state index contributed by atoms with van der Waals surface area (Å²) in [6, 6.07) is 15.6. The molecule has 0 spiro atoms. The van der Waals surface area contributed by atoms with Crippen molar-refractivity contribution in [2.24, 2.45) is 0 Å². The van der Waals surface area contributed by atoms with E-state index in [1.807, 2.05) is 13.0 Å². The Bertz CT molecular complexity index is 870. The number of hydrogen-bond acceptors (Lipinski definition) is 5. The Morgan fingerprint density at radius 1 is 1.11 bits per heavy atom. The van der Waals surface area contributed by atoms with Crippen LogP contribution in [0, 0.1) is 6.92 Å². The van der Waals surface area contributed by atoms with E-state index in [4.69, 9.17) is 4.74 Å². The quantitative estimate of drug-likeness (QED) is 0.826. The van der Waals surface area contributed by atoms with Crippen LogP contribution in [0.4, 0.5) is 0 Å². The third-order valence-corrected chi connectivity index (χ3v) is 6.58. The molecule has 0 amide bonds. The van der Waals surface area contributed by atoms with E-state index in [0.29, 0.717) is 25.3 Å². The van der Waals surface area contributed by atoms with Crippen LogP contribution in [0.15, 0.2) is 70.5 Å². The minimum atomic E-state index is -3.81. The second kappa shape index (κ2) is 8.80. The molecular formula is C21H25NO4S. The third-order valence-electron chi connectivity index (χ3n) is 4.68. The smallest absolute Gasteiger partial charge is 0.205 e. The number of aliphatic hydroxyl groups is 1. The van der Waals surface area contributed by atoms with Crippen molar-refractivity contribution in [2.75, 3.05) is 32.8 Å². The summed E-state index contributed by atoms with van der Waals surface area (Å²) >= 11 is 0. The van der Waals surface area contributed by atoms with Gasteiger partial charge in [-0.25, -0.2) is 8.42 Å². The summed E-state index contributed by atoms with van der Waals surface area (Å²) in [7, 11) is -3.81. The number of nitrogens with zero attached hydrogens (tertiary/aromatic N) is 1. The lowest BCUT2D eigenvalue weighted by atomic mass is 10.1. The van der Waals surface area contributed by atoms with Crippen molar-refractivity contribution in [3.63, 3.8) is 0 Å². The monoisotopic (exact) mass is 387 g/mol. The highest BCUT2D eigenvalue weighted by atomic mass is 32.2. The summed E-state index contributed by atoms with van der Waals surface area (Å²) in [5.74, 6) is 0. The van der Waals surface area contributed by atoms with Crippen molar-refractivity contribution in [3.8, 4) is 0 Å². The molecule has 1 aliphatic heterocycles. The number of rotatable bonds is 6. The van der Waals surface area contributed by atoms with Gasteiger partial charge in [0.15, 0.2) is 0 Å². The molecule has 0 aliphatic carbocycles. The Kier molecular flexibility index (Phi) is 6.44. The molecule has 1 atom stereocenters. The van der Waals surface area contributed by atoms with E-state index in [2.05, 4.69) is 4.90 Å². The van der Waals surface area contributed by atoms with Crippen molar-refractivity contribution in [1.82, 2.24) is 4.90 Å². The molecule has 6 heteroatoms. The number of aliphatic hydroxyl groups excluding tert-OH is 1. The van der Waals surface area contributed by atoms with E-state index in [1.165, 1.54) is 0 Å². The molecule has 1 heterocycles. The maximum Gasteiger partial charge on any atom is 0.205 e. The first kappa shape index (κ1) is 19.8. The maximum atomic E-state index is 13.3. The number of hydrogen-bond donors (Lipinski definition) is 1. The van der Waals surface area contributed by atoms with Gasteiger partial charge < -0.3 is 9.84 Å². The lowest BCUT2D eigenvalue weighted by Crippen LogP contribution is -2.36. The molecule has 0 aromatic heterocycles. The predicted octanol–water partition coefficient (Wildman–Crippen LogP) is 2.72. The van der Waals surface area contributed by atoms with E-state index in [-0.39, 0.29) is 9.80 Å². The summed E-state index contributed by atoms with van der Waals surface area (Å²) < 4.78 is 31.9. The van der Waals surface area contributed by atoms with Crippen LogP contribution in [0.5, 0.6) is 0 Å². The molecule has 27 heavy (non-hydrogen) atoms. The maximum absolute atomic E-state index is 13.3. The van der Waals surface area contributed by atoms with Gasteiger partial charge in [-0.05, 0) is 24.6 Å². The second-order valence-corrected chi connectivity index (χ2v) is 8.60. The number of ether oxygens (including phenoxy) is 1. The van der Waals surface area contributed by atoms with Gasteiger partial charge in [-0.1, -0.05) is 54.1 Å². The second-order valence-electron chi connectivity index (χ2n) is 6.65. The molecule has 144 valence electrons. The zero-order chi connectivity index (χ0) is 19.3. The largest absolute Gasteiger partial charge is 0.383 e. The van der Waals surface area contributed by atoms with E-state index in [9.17, 15) is 13.5 Å². The van der Waals surface area contributed by atoms with E-state index in [0.717, 1.165) is 18.7 Å². The summed E-state index contributed by atoms with van der Waals surface area (Å²) in [6.45, 7) is 5.12. The Balaban J connectivity index is 1.96. The van der Waals surface area contributed by atoms with Crippen LogP contribution in [0.1, 0.15) is 17.2 Å². The first-order chi connectivity index (χ1) is 13.0. The van der Waals surface area contributed by atoms with Gasteiger partial charge >= 0.3 is 0 Å². The Labute approximate surface area is 160 Å². The fourth-order valence-corrected chi connectivity index (χ4v) is 4.51. The molecule has 0 saturated carbocycles. The molecule has 3 rings (SSSR count). The minimum absolute atomic E-state index is 0.0176. The summed E-state index contributed by atoms with van der Waals surface area (Å²) in [5.41, 5.74) is 1.54. The van der Waals surface area contributed by atoms with Gasteiger partial charge in [0.25, 0.3) is 0 Å². The van der Waals surface area contributed by atoms with Gasteiger partial charge in [0.2, 0.25) is 9.84 Å². The zero-order valence-electron chi connectivity index (χ0n) is 15.4. The first-order valence-corrected chi connectivity index (χ1v) is 10.5. The molecule has 0 bridgehead atoms. The molecule has 2 aromatic carbocycles. The van der Waals surface area contributed by atoms with Gasteiger partial charge in [-0.3, -0.25) is 4.90 Å². The molecule has 1 saturated heterocycles. The fourth-order valence-electron chi connectivity index (χ4n) is 3.02. The normalized spacial score (nSPS) is 17.6. The average Bonchev–Trinajstić information content (AvgIpc) is 2.69. The zero-order valence-corrected chi connectivity index (χ0v) is 16.2. The van der Waals surface area contributed by atoms with Crippen molar-refractivity contribution in [2.45, 2.75) is 17.9 Å². The van der Waals surface area contributed by atoms with Crippen LogP contribution in [0.3, 0.4) is 0 Å². The van der Waals surface area contributed by atoms with Crippen molar-refractivity contribution in [3.05, 3.63) is 76.7 Å². The van der Waals surface area contributed by atoms with Crippen molar-refractivity contribution >= 4 is 9.84 Å². The highest BCUT2D eigenvalue weighted by Crippen LogP contribution is 2.31. The van der Waals surface area contributed by atoms with Crippen molar-refractivity contribution in [1.29, 1.82) is 0 Å². The van der Waals surface area contributed by atoms with Gasteiger partial charge in [-0.15, -0.1) is 0 Å². The predicted molar refractivity (Wildman–Crippen MR) is 105 cm³/mol. The molecule has 0 radical (unpaired) electrons. The molecule has 5 nitrogen and oxygen atoms in total. The molecule has 1 N–H and O–H groups in total. The lowest BCUT2D eigenvalue weighted by Gasteiger charge is -2.26. The van der Waals surface area contributed by atoms with Crippen molar-refractivity contribution < 1.29 is 18.3 Å². The van der Waals surface area contributed by atoms with E-state index >= 15 is 0 Å². The van der Waals surface area contributed by atoms with Crippen LogP contribution in [-0.2, 0) is 14.6 Å². The Morgan fingerprint density at radius 3 is 2.37 bits per heavy atom. The third kappa shape index (κ3) is 4.84. The minimum Gasteiger partial charge on any atom is -0.383 e. The van der Waals surface area contributed by atoms with Gasteiger partial charge in [0, 0.05) is 19.6 Å². The molecule has 1 unspecified atom stereocenters. The van der Waals surface area contributed by atoms with Gasteiger partial charge in [0.1, 0.15) is 6.10 Å². The molecule has 1 aliphatic rings. The Hall–Kier alpha value is -1.99. The first-order valence-electron chi connectivity index (χ1n) is 9.03. The van der Waals surface area contributed by atoms with Gasteiger partial charge in [0.05, 0.1) is 23.0 Å². The number of aryl methyl sites for hydroxylation is 1. The number of morpholine rings is 1. The summed E-state index contributed by atoms with van der Waals surface area (Å²) in [6.07, 6.45) is 0.427. The highest BCUT2D eigenvalue weighted by Gasteiger charge is 2.28. The molecule has 1 fully saturated rings. The number of benzene rings is 2. The van der Waals surface area contributed by atoms with Gasteiger partial charge in [-0.2, -0.15) is 0 Å². The van der Waals surface area contributed by atoms with E-state index in [1.54, 1.807) is 54.6 Å². The van der Waals surface area contributed by atoms with Crippen LogP contribution in [-0.4, -0.2) is 51.3 Å². The van der Waals surface area contributed by atoms with Crippen LogP contribution in [0.25, 0.3) is 0 Å². The molecular weight excluding hydrogens is 362 g/mol. The topological polar surface area (TPSA) is 66.8 Å². The standard InChI is InChI=1S/C21H25NO4S/c1-17-7-9-19(10-8-17)27(24,25)20(11-12-22-13-15-26-16-14-22)21(23)18-5-3-2-4-6-18/h2-11,21,23H,12-16H2,1H3/b20-11+. The lowest BCUT2D eigenvalue weighted by molar-refractivity contribution is 0.0433. The van der Waals surface area contributed by atoms with E-state index < -0.39 is 15.9 Å². The summed E-state index contributed by atoms with van der Waals surface area (Å²) in [4.78, 5) is 2.33. The van der Waals surface area contributed by atoms with Crippen LogP contribution >= 0.6 is 0 Å². The SMILES string of the molecule is Cc1ccc(S(=O)(=O)/C(=C/CN2CCOCC2)C(O)c2ccccc2)cc1. The highest BCUT2D eigenvalue weighted by molar-refractivity contribution is 7.95. The summed E-state index contributed by atoms with van der Waals surface area (Å²) in [5, 5.41) is 10.9. The average molecular weight is 388 g/mol.